The topological polar surface area (TPSA) is 75.1 Å². The van der Waals surface area contributed by atoms with Crippen molar-refractivity contribution in [3.8, 4) is 0 Å². The van der Waals surface area contributed by atoms with Crippen LogP contribution in [0.2, 0.25) is 0 Å². The molecule has 0 aliphatic rings. The zero-order valence-corrected chi connectivity index (χ0v) is 9.99. The van der Waals surface area contributed by atoms with Gasteiger partial charge in [-0.15, -0.1) is 11.3 Å². The number of rotatable bonds is 4. The Kier molecular flexibility index (Phi) is 3.34. The van der Waals surface area contributed by atoms with Gasteiger partial charge in [0.25, 0.3) is 0 Å². The number of thiazole rings is 1. The highest BCUT2D eigenvalue weighted by atomic mass is 32.1. The summed E-state index contributed by atoms with van der Waals surface area (Å²) in [6.45, 7) is 1.85. The van der Waals surface area contributed by atoms with Gasteiger partial charge >= 0.3 is 5.97 Å². The van der Waals surface area contributed by atoms with Crippen molar-refractivity contribution in [2.24, 2.45) is 0 Å². The van der Waals surface area contributed by atoms with E-state index in [2.05, 4.69) is 15.3 Å². The Hall–Kier alpha value is -1.95. The summed E-state index contributed by atoms with van der Waals surface area (Å²) in [5.74, 6) is -0.885. The van der Waals surface area contributed by atoms with Crippen LogP contribution in [0.15, 0.2) is 24.5 Å². The summed E-state index contributed by atoms with van der Waals surface area (Å²) < 4.78 is 0. The molecule has 0 fully saturated rings. The lowest BCUT2D eigenvalue weighted by Gasteiger charge is -2.03. The van der Waals surface area contributed by atoms with Crippen molar-refractivity contribution in [1.82, 2.24) is 9.97 Å². The van der Waals surface area contributed by atoms with Crippen molar-refractivity contribution < 1.29 is 9.90 Å². The van der Waals surface area contributed by atoms with Crippen molar-refractivity contribution >= 4 is 28.0 Å². The fourth-order valence-corrected chi connectivity index (χ4v) is 2.25. The normalized spacial score (nSPS) is 10.2. The molecule has 0 saturated heterocycles. The monoisotopic (exact) mass is 249 g/mol. The first-order valence-electron chi connectivity index (χ1n) is 5.00. The van der Waals surface area contributed by atoms with Crippen molar-refractivity contribution in [3.63, 3.8) is 0 Å². The molecule has 0 bridgehead atoms. The summed E-state index contributed by atoms with van der Waals surface area (Å²) in [6, 6.07) is 3.68. The summed E-state index contributed by atoms with van der Waals surface area (Å²) >= 11 is 1.44. The number of hydrogen-bond donors (Lipinski definition) is 2. The number of nitrogens with one attached hydrogen (secondary N) is 1. The van der Waals surface area contributed by atoms with Crippen LogP contribution >= 0.6 is 11.3 Å². The molecule has 6 heteroatoms. The molecule has 2 aromatic heterocycles. The zero-order chi connectivity index (χ0) is 12.3. The van der Waals surface area contributed by atoms with Gasteiger partial charge in [0.15, 0.2) is 0 Å². The summed E-state index contributed by atoms with van der Waals surface area (Å²) in [4.78, 5) is 18.9. The van der Waals surface area contributed by atoms with Crippen molar-refractivity contribution in [2.75, 3.05) is 5.32 Å². The molecule has 2 N–H and O–H groups in total. The highest BCUT2D eigenvalue weighted by molar-refractivity contribution is 7.15. The first kappa shape index (κ1) is 11.5. The fraction of sp³-hybridized carbons (Fsp3) is 0.182. The number of aryl methyl sites for hydroxylation is 1. The van der Waals surface area contributed by atoms with Crippen LogP contribution in [-0.2, 0) is 11.2 Å². The lowest BCUT2D eigenvalue weighted by Crippen LogP contribution is -2.03. The second kappa shape index (κ2) is 4.92. The molecule has 2 heterocycles. The molecule has 5 nitrogen and oxygen atoms in total. The van der Waals surface area contributed by atoms with E-state index >= 15 is 0 Å². The average Bonchev–Trinajstić information content (AvgIpc) is 2.59. The number of aliphatic carboxylic acids is 1. The third-order valence-corrected chi connectivity index (χ3v) is 2.97. The molecule has 0 aliphatic heterocycles. The molecular weight excluding hydrogens is 238 g/mol. The molecule has 2 rings (SSSR count). The van der Waals surface area contributed by atoms with Crippen LogP contribution in [-0.4, -0.2) is 21.0 Å². The standard InChI is InChI=1S/C11H11N3O2S/c1-7-13-9(5-10(15)16)11(17-7)14-8-3-2-4-12-6-8/h2-4,6,14H,5H2,1H3,(H,15,16). The van der Waals surface area contributed by atoms with E-state index in [4.69, 9.17) is 5.11 Å². The Labute approximate surface area is 102 Å². The van der Waals surface area contributed by atoms with Gasteiger partial charge in [0.1, 0.15) is 5.00 Å². The molecule has 0 radical (unpaired) electrons. The molecule has 0 amide bonds. The van der Waals surface area contributed by atoms with Gasteiger partial charge in [-0.05, 0) is 19.1 Å². The summed E-state index contributed by atoms with van der Waals surface area (Å²) in [5.41, 5.74) is 1.38. The third kappa shape index (κ3) is 3.01. The first-order valence-corrected chi connectivity index (χ1v) is 5.82. The van der Waals surface area contributed by atoms with E-state index in [1.807, 2.05) is 19.1 Å². The number of carboxylic acids is 1. The lowest BCUT2D eigenvalue weighted by molar-refractivity contribution is -0.136. The van der Waals surface area contributed by atoms with Crippen LogP contribution < -0.4 is 5.32 Å². The third-order valence-electron chi connectivity index (χ3n) is 2.04. The summed E-state index contributed by atoms with van der Waals surface area (Å²) in [6.07, 6.45) is 3.29. The van der Waals surface area contributed by atoms with Crippen LogP contribution in [0, 0.1) is 6.92 Å². The molecule has 88 valence electrons. The fourth-order valence-electron chi connectivity index (χ4n) is 1.40. The Balaban J connectivity index is 2.23. The summed E-state index contributed by atoms with van der Waals surface area (Å²) in [5, 5.41) is 13.5. The Morgan fingerprint density at radius 3 is 3.06 bits per heavy atom. The van der Waals surface area contributed by atoms with Crippen LogP contribution in [0.4, 0.5) is 10.7 Å². The maximum Gasteiger partial charge on any atom is 0.309 e. The SMILES string of the molecule is Cc1nc(CC(=O)O)c(Nc2cccnc2)s1. The molecule has 2 aromatic rings. The highest BCUT2D eigenvalue weighted by Gasteiger charge is 2.12. The minimum Gasteiger partial charge on any atom is -0.481 e. The number of hydrogen-bond acceptors (Lipinski definition) is 5. The van der Waals surface area contributed by atoms with Gasteiger partial charge in [-0.3, -0.25) is 9.78 Å². The number of aromatic nitrogens is 2. The van der Waals surface area contributed by atoms with E-state index in [1.165, 1.54) is 11.3 Å². The molecular formula is C11H11N3O2S. The van der Waals surface area contributed by atoms with Crippen LogP contribution in [0.1, 0.15) is 10.7 Å². The van der Waals surface area contributed by atoms with E-state index in [-0.39, 0.29) is 6.42 Å². The van der Waals surface area contributed by atoms with Crippen LogP contribution in [0.25, 0.3) is 0 Å². The number of nitrogens with zero attached hydrogens (tertiary/aromatic N) is 2. The van der Waals surface area contributed by atoms with Crippen LogP contribution in [0.5, 0.6) is 0 Å². The van der Waals surface area contributed by atoms with Crippen LogP contribution in [0.3, 0.4) is 0 Å². The number of carboxylic acid groups (broad SMARTS) is 1. The maximum absolute atomic E-state index is 10.7. The van der Waals surface area contributed by atoms with E-state index in [9.17, 15) is 4.79 Å². The molecule has 0 atom stereocenters. The Morgan fingerprint density at radius 2 is 2.41 bits per heavy atom. The lowest BCUT2D eigenvalue weighted by atomic mass is 10.3. The molecule has 17 heavy (non-hydrogen) atoms. The smallest absolute Gasteiger partial charge is 0.309 e. The quantitative estimate of drug-likeness (QED) is 0.869. The number of carbonyl (C=O) groups is 1. The predicted molar refractivity (Wildman–Crippen MR) is 65.7 cm³/mol. The molecule has 0 unspecified atom stereocenters. The number of anilines is 2. The molecule has 0 saturated carbocycles. The van der Waals surface area contributed by atoms with Crippen molar-refractivity contribution in [1.29, 1.82) is 0 Å². The molecule has 0 aliphatic carbocycles. The minimum absolute atomic E-state index is 0.0765. The first-order chi connectivity index (χ1) is 8.15. The van der Waals surface area contributed by atoms with E-state index in [0.29, 0.717) is 5.69 Å². The maximum atomic E-state index is 10.7. The van der Waals surface area contributed by atoms with Gasteiger partial charge in [-0.2, -0.15) is 0 Å². The van der Waals surface area contributed by atoms with Crippen molar-refractivity contribution in [3.05, 3.63) is 35.2 Å². The van der Waals surface area contributed by atoms with Gasteiger partial charge < -0.3 is 10.4 Å². The van der Waals surface area contributed by atoms with Gasteiger partial charge in [0.05, 0.1) is 29.0 Å². The van der Waals surface area contributed by atoms with Crippen molar-refractivity contribution in [2.45, 2.75) is 13.3 Å². The molecule has 0 aromatic carbocycles. The van der Waals surface area contributed by atoms with Gasteiger partial charge in [-0.25, -0.2) is 4.98 Å². The largest absolute Gasteiger partial charge is 0.481 e. The average molecular weight is 249 g/mol. The zero-order valence-electron chi connectivity index (χ0n) is 9.17. The Bertz CT molecular complexity index is 525. The Morgan fingerprint density at radius 1 is 1.59 bits per heavy atom. The predicted octanol–water partition coefficient (Wildman–Crippen LogP) is 2.22. The number of pyridine rings is 1. The van der Waals surface area contributed by atoms with E-state index in [1.54, 1.807) is 12.4 Å². The second-order valence-corrected chi connectivity index (χ2v) is 4.65. The van der Waals surface area contributed by atoms with Gasteiger partial charge in [0.2, 0.25) is 0 Å². The second-order valence-electron chi connectivity index (χ2n) is 3.45. The van der Waals surface area contributed by atoms with E-state index < -0.39 is 5.97 Å². The van der Waals surface area contributed by atoms with Gasteiger partial charge in [0, 0.05) is 6.20 Å². The minimum atomic E-state index is -0.885. The van der Waals surface area contributed by atoms with Gasteiger partial charge in [-0.1, -0.05) is 0 Å². The summed E-state index contributed by atoms with van der Waals surface area (Å²) in [7, 11) is 0. The van der Waals surface area contributed by atoms with E-state index in [0.717, 1.165) is 15.7 Å². The molecule has 0 spiro atoms. The highest BCUT2D eigenvalue weighted by Crippen LogP contribution is 2.27.